The first-order valence-corrected chi connectivity index (χ1v) is 15.0. The zero-order valence-electron chi connectivity index (χ0n) is 26.7. The molecule has 46 heavy (non-hydrogen) atoms. The molecule has 4 unspecified atom stereocenters. The van der Waals surface area contributed by atoms with E-state index in [-0.39, 0.29) is 48.9 Å². The maximum atomic E-state index is 14.1. The number of nitrogens with two attached hydrogens (primary N) is 1. The molecule has 3 rings (SSSR count). The van der Waals surface area contributed by atoms with E-state index >= 15 is 0 Å². The number of benzene rings is 2. The van der Waals surface area contributed by atoms with E-state index in [0.29, 0.717) is 18.6 Å². The van der Waals surface area contributed by atoms with Gasteiger partial charge >= 0.3 is 18.1 Å². The molecular weight excluding hydrogens is 605 g/mol. The van der Waals surface area contributed by atoms with Crippen molar-refractivity contribution in [3.8, 4) is 5.75 Å². The molecule has 1 heterocycles. The van der Waals surface area contributed by atoms with E-state index in [0.717, 1.165) is 17.7 Å². The van der Waals surface area contributed by atoms with Crippen LogP contribution in [0.25, 0.3) is 0 Å². The van der Waals surface area contributed by atoms with Gasteiger partial charge in [0.2, 0.25) is 0 Å². The number of carboxylic acids is 1. The Hall–Kier alpha value is -3.87. The quantitative estimate of drug-likeness (QED) is 0.139. The number of aryl methyl sites for hydroxylation is 1. The number of aliphatic carboxylic acids is 1. The van der Waals surface area contributed by atoms with Crippen molar-refractivity contribution in [2.24, 2.45) is 11.7 Å². The van der Waals surface area contributed by atoms with Crippen molar-refractivity contribution >= 4 is 11.9 Å². The fourth-order valence-corrected chi connectivity index (χ4v) is 5.72. The summed E-state index contributed by atoms with van der Waals surface area (Å²) in [7, 11) is 1.45. The number of aliphatic hydroxyl groups is 1. The van der Waals surface area contributed by atoms with Crippen molar-refractivity contribution in [2.45, 2.75) is 77.3 Å². The van der Waals surface area contributed by atoms with Gasteiger partial charge < -0.3 is 29.7 Å². The fraction of sp³-hybridized carbons (Fsp3) is 0.471. The zero-order valence-corrected chi connectivity index (χ0v) is 26.7. The van der Waals surface area contributed by atoms with Gasteiger partial charge in [-0.1, -0.05) is 37.3 Å². The van der Waals surface area contributed by atoms with Gasteiger partial charge in [-0.3, -0.25) is 5.73 Å². The van der Waals surface area contributed by atoms with Gasteiger partial charge in [-0.15, -0.1) is 0 Å². The number of rotatable bonds is 15. The number of hydrogen-bond donors (Lipinski definition) is 4. The molecule has 1 aliphatic rings. The van der Waals surface area contributed by atoms with E-state index in [4.69, 9.17) is 19.9 Å². The van der Waals surface area contributed by atoms with Crippen molar-refractivity contribution in [1.82, 2.24) is 5.32 Å². The number of halogens is 3. The van der Waals surface area contributed by atoms with Gasteiger partial charge in [0.05, 0.1) is 35.3 Å². The fourth-order valence-electron chi connectivity index (χ4n) is 5.72. The molecule has 252 valence electrons. The van der Waals surface area contributed by atoms with Gasteiger partial charge in [-0.05, 0) is 68.9 Å². The summed E-state index contributed by atoms with van der Waals surface area (Å²) >= 11 is 0. The second-order valence-corrected chi connectivity index (χ2v) is 11.9. The molecule has 0 aromatic heterocycles. The minimum absolute atomic E-state index is 0.0584. The molecule has 12 heteroatoms. The maximum Gasteiger partial charge on any atom is 0.416 e. The van der Waals surface area contributed by atoms with Crippen LogP contribution in [0.3, 0.4) is 0 Å². The van der Waals surface area contributed by atoms with Gasteiger partial charge in [0.1, 0.15) is 12.4 Å². The molecule has 0 spiro atoms. The van der Waals surface area contributed by atoms with Crippen LogP contribution in [0.4, 0.5) is 13.2 Å². The first-order valence-electron chi connectivity index (χ1n) is 15.0. The van der Waals surface area contributed by atoms with Crippen molar-refractivity contribution in [3.63, 3.8) is 0 Å². The first-order chi connectivity index (χ1) is 21.6. The number of dihydropyridines is 1. The predicted molar refractivity (Wildman–Crippen MR) is 166 cm³/mol. The highest BCUT2D eigenvalue weighted by Crippen LogP contribution is 2.44. The van der Waals surface area contributed by atoms with E-state index in [2.05, 4.69) is 5.32 Å². The first kappa shape index (κ1) is 36.6. The Labute approximate surface area is 267 Å². The van der Waals surface area contributed by atoms with Crippen LogP contribution < -0.4 is 15.8 Å². The topological polar surface area (TPSA) is 140 Å². The van der Waals surface area contributed by atoms with Crippen molar-refractivity contribution < 1.29 is 47.2 Å². The van der Waals surface area contributed by atoms with Crippen molar-refractivity contribution in [3.05, 3.63) is 87.8 Å². The highest BCUT2D eigenvalue weighted by atomic mass is 19.4. The number of carboxylic acid groups (broad SMARTS) is 1. The molecule has 9 nitrogen and oxygen atoms in total. The summed E-state index contributed by atoms with van der Waals surface area (Å²) in [4.78, 5) is 26.3. The van der Waals surface area contributed by atoms with Gasteiger partial charge in [-0.25, -0.2) is 9.59 Å². The van der Waals surface area contributed by atoms with E-state index in [9.17, 15) is 33.0 Å². The summed E-state index contributed by atoms with van der Waals surface area (Å²) in [6.07, 6.45) is -4.52. The molecule has 2 aromatic carbocycles. The minimum Gasteiger partial charge on any atom is -0.491 e. The van der Waals surface area contributed by atoms with E-state index in [1.54, 1.807) is 6.07 Å². The molecule has 4 atom stereocenters. The molecule has 0 saturated heterocycles. The monoisotopic (exact) mass is 648 g/mol. The van der Waals surface area contributed by atoms with Crippen LogP contribution in [0, 0.1) is 12.8 Å². The van der Waals surface area contributed by atoms with Crippen LogP contribution in [0.15, 0.2) is 71.1 Å². The molecule has 0 amide bonds. The number of nitrogens with one attached hydrogen (secondary N) is 1. The summed E-state index contributed by atoms with van der Waals surface area (Å²) in [6.45, 7) is 6.90. The Kier molecular flexibility index (Phi) is 12.4. The second-order valence-electron chi connectivity index (χ2n) is 11.9. The average molecular weight is 649 g/mol. The average Bonchev–Trinajstić information content (AvgIpc) is 2.96. The Bertz CT molecular complexity index is 1460. The number of hydrogen-bond acceptors (Lipinski definition) is 8. The van der Waals surface area contributed by atoms with Crippen LogP contribution in [-0.2, 0) is 25.2 Å². The molecular formula is C34H43F3N2O7. The largest absolute Gasteiger partial charge is 0.491 e. The van der Waals surface area contributed by atoms with Crippen LogP contribution in [0.5, 0.6) is 5.75 Å². The third kappa shape index (κ3) is 9.57. The van der Waals surface area contributed by atoms with Crippen molar-refractivity contribution in [1.29, 1.82) is 0 Å². The smallest absolute Gasteiger partial charge is 0.416 e. The lowest BCUT2D eigenvalue weighted by molar-refractivity contribution is -0.159. The molecule has 5 N–H and O–H groups in total. The van der Waals surface area contributed by atoms with Gasteiger partial charge in [0, 0.05) is 31.3 Å². The number of alkyl halides is 3. The molecule has 0 bridgehead atoms. The van der Waals surface area contributed by atoms with Crippen LogP contribution >= 0.6 is 0 Å². The third-order valence-corrected chi connectivity index (χ3v) is 7.93. The van der Waals surface area contributed by atoms with E-state index < -0.39 is 52.6 Å². The number of esters is 1. The summed E-state index contributed by atoms with van der Waals surface area (Å²) < 4.78 is 59.1. The Morgan fingerprint density at radius 2 is 1.70 bits per heavy atom. The Morgan fingerprint density at radius 1 is 1.02 bits per heavy atom. The molecule has 0 fully saturated rings. The van der Waals surface area contributed by atoms with Gasteiger partial charge in [-0.2, -0.15) is 13.2 Å². The number of aliphatic hydroxyl groups excluding tert-OH is 1. The lowest BCUT2D eigenvalue weighted by Crippen LogP contribution is -2.48. The normalized spacial score (nSPS) is 18.0. The minimum atomic E-state index is -4.82. The molecule has 2 aromatic rings. The summed E-state index contributed by atoms with van der Waals surface area (Å²) in [6, 6.07) is 12.0. The van der Waals surface area contributed by atoms with Crippen molar-refractivity contribution in [2.75, 3.05) is 20.3 Å². The number of carbonyl (C=O) groups excluding carboxylic acids is 1. The lowest BCUT2D eigenvalue weighted by atomic mass is 9.78. The molecule has 0 radical (unpaired) electrons. The number of methoxy groups -OCH3 is 1. The number of ether oxygens (including phenoxy) is 3. The van der Waals surface area contributed by atoms with Gasteiger partial charge in [0.25, 0.3) is 0 Å². The van der Waals surface area contributed by atoms with E-state index in [1.165, 1.54) is 33.1 Å². The molecule has 0 aliphatic carbocycles. The standard InChI is InChI=1S/C34H43F3N2O7/c1-20-9-8-10-25(17-20)45-19-24(40)14-13-21(2)18-33(38,15-16-44-5)46-32(43)29-23(4)39-22(3)28(31(41)42)30(29)26-11-6-7-12-27(26)34(35,36)37/h6-12,17,21,24,30,39-40H,13-16,18-19,38H2,1-5H3,(H,41,42). The maximum absolute atomic E-state index is 14.1. The SMILES string of the molecule is COCCC(N)(CC(C)CCC(O)COc1cccc(C)c1)OC(=O)C1=C(C)NC(C)=C(C(=O)O)C1c1ccccc1C(F)(F)F. The van der Waals surface area contributed by atoms with Gasteiger partial charge in [0.15, 0.2) is 5.72 Å². The van der Waals surface area contributed by atoms with Crippen LogP contribution in [0.2, 0.25) is 0 Å². The Balaban J connectivity index is 1.83. The number of carbonyl (C=O) groups is 2. The zero-order chi connectivity index (χ0) is 34.2. The summed E-state index contributed by atoms with van der Waals surface area (Å²) in [5.74, 6) is -3.64. The molecule has 0 saturated carbocycles. The van der Waals surface area contributed by atoms with Crippen LogP contribution in [0.1, 0.15) is 69.1 Å². The lowest BCUT2D eigenvalue weighted by Gasteiger charge is -2.35. The third-order valence-electron chi connectivity index (χ3n) is 7.93. The summed E-state index contributed by atoms with van der Waals surface area (Å²) in [5, 5.41) is 23.4. The van der Waals surface area contributed by atoms with E-state index in [1.807, 2.05) is 32.0 Å². The van der Waals surface area contributed by atoms with Crippen LogP contribution in [-0.4, -0.2) is 54.3 Å². The highest BCUT2D eigenvalue weighted by Gasteiger charge is 2.44. The predicted octanol–water partition coefficient (Wildman–Crippen LogP) is 5.81. The number of allylic oxidation sites excluding steroid dienone is 2. The summed E-state index contributed by atoms with van der Waals surface area (Å²) in [5.41, 5.74) is 4.13. The Morgan fingerprint density at radius 3 is 2.33 bits per heavy atom. The second kappa shape index (κ2) is 15.6. The highest BCUT2D eigenvalue weighted by molar-refractivity contribution is 5.99. The molecule has 1 aliphatic heterocycles.